The number of hydrogen-bond donors (Lipinski definition) is 1. The quantitative estimate of drug-likeness (QED) is 0.640. The summed E-state index contributed by atoms with van der Waals surface area (Å²) >= 11 is 0. The van der Waals surface area contributed by atoms with Crippen molar-refractivity contribution in [3.8, 4) is 0 Å². The average molecular weight is 332 g/mol. The third-order valence-corrected chi connectivity index (χ3v) is 4.90. The molecule has 0 spiro atoms. The Kier molecular flexibility index (Phi) is 5.89. The Morgan fingerprint density at radius 3 is 2.17 bits per heavy atom. The van der Waals surface area contributed by atoms with Crippen LogP contribution in [0.1, 0.15) is 66.2 Å². The smallest absolute Gasteiger partial charge is 0.337 e. The van der Waals surface area contributed by atoms with Crippen molar-refractivity contribution < 1.29 is 24.2 Å². The van der Waals surface area contributed by atoms with Gasteiger partial charge in [-0.25, -0.2) is 4.79 Å². The molecule has 0 saturated heterocycles. The number of carbonyl (C=O) groups is 3. The first-order chi connectivity index (χ1) is 11.4. The van der Waals surface area contributed by atoms with Crippen LogP contribution in [0.2, 0.25) is 0 Å². The van der Waals surface area contributed by atoms with Gasteiger partial charge in [0, 0.05) is 17.4 Å². The molecule has 1 aliphatic rings. The van der Waals surface area contributed by atoms with Gasteiger partial charge >= 0.3 is 5.97 Å². The number of rotatable bonds is 6. The SMILES string of the molecule is COC(=O)c1ccc(C(=O)C(O)CC(=O)C2(C)CCCCC2)cc1. The molecule has 0 radical (unpaired) electrons. The number of Topliss-reactive ketones (excluding diaryl/α,β-unsaturated/α-hetero) is 2. The number of methoxy groups -OCH3 is 1. The summed E-state index contributed by atoms with van der Waals surface area (Å²) in [7, 11) is 1.28. The van der Waals surface area contributed by atoms with Gasteiger partial charge in [-0.1, -0.05) is 38.3 Å². The molecule has 1 unspecified atom stereocenters. The van der Waals surface area contributed by atoms with Crippen LogP contribution < -0.4 is 0 Å². The standard InChI is InChI=1S/C19H24O5/c1-19(10-4-3-5-11-19)16(21)12-15(20)17(22)13-6-8-14(9-7-13)18(23)24-2/h6-9,15,20H,3-5,10-12H2,1-2H3. The fraction of sp³-hybridized carbons (Fsp3) is 0.526. The molecule has 1 saturated carbocycles. The second kappa shape index (κ2) is 7.71. The topological polar surface area (TPSA) is 80.7 Å². The summed E-state index contributed by atoms with van der Waals surface area (Å²) < 4.78 is 4.60. The molecule has 5 heteroatoms. The first kappa shape index (κ1) is 18.3. The van der Waals surface area contributed by atoms with Crippen molar-refractivity contribution >= 4 is 17.5 Å². The van der Waals surface area contributed by atoms with E-state index in [-0.39, 0.29) is 17.8 Å². The average Bonchev–Trinajstić information content (AvgIpc) is 2.61. The van der Waals surface area contributed by atoms with Gasteiger partial charge in [0.2, 0.25) is 0 Å². The Balaban J connectivity index is 2.01. The third-order valence-electron chi connectivity index (χ3n) is 4.90. The number of aliphatic hydroxyl groups excluding tert-OH is 1. The lowest BCUT2D eigenvalue weighted by Crippen LogP contribution is -2.35. The van der Waals surface area contributed by atoms with Gasteiger partial charge in [-0.15, -0.1) is 0 Å². The highest BCUT2D eigenvalue weighted by Crippen LogP contribution is 2.37. The largest absolute Gasteiger partial charge is 0.465 e. The van der Waals surface area contributed by atoms with Crippen LogP contribution in [0.25, 0.3) is 0 Å². The molecule has 0 heterocycles. The first-order valence-corrected chi connectivity index (χ1v) is 8.31. The second-order valence-electron chi connectivity index (χ2n) is 6.70. The van der Waals surface area contributed by atoms with E-state index in [9.17, 15) is 19.5 Å². The molecule has 130 valence electrons. The minimum absolute atomic E-state index is 0.0470. The van der Waals surface area contributed by atoms with E-state index in [1.165, 1.54) is 31.4 Å². The Hall–Kier alpha value is -2.01. The zero-order valence-electron chi connectivity index (χ0n) is 14.2. The number of ketones is 2. The van der Waals surface area contributed by atoms with E-state index < -0.39 is 23.3 Å². The van der Waals surface area contributed by atoms with E-state index in [1.807, 2.05) is 6.92 Å². The van der Waals surface area contributed by atoms with Crippen molar-refractivity contribution in [1.29, 1.82) is 0 Å². The predicted octanol–water partition coefficient (Wildman–Crippen LogP) is 2.95. The molecule has 1 aromatic carbocycles. The predicted molar refractivity (Wildman–Crippen MR) is 88.9 cm³/mol. The van der Waals surface area contributed by atoms with Crippen molar-refractivity contribution in [2.45, 2.75) is 51.6 Å². The molecule has 1 aliphatic carbocycles. The molecular weight excluding hydrogens is 308 g/mol. The molecule has 5 nitrogen and oxygen atoms in total. The highest BCUT2D eigenvalue weighted by molar-refractivity contribution is 6.02. The van der Waals surface area contributed by atoms with Crippen LogP contribution in [-0.2, 0) is 9.53 Å². The number of benzene rings is 1. The monoisotopic (exact) mass is 332 g/mol. The second-order valence-corrected chi connectivity index (χ2v) is 6.70. The fourth-order valence-electron chi connectivity index (χ4n) is 3.21. The Morgan fingerprint density at radius 1 is 1.08 bits per heavy atom. The zero-order valence-corrected chi connectivity index (χ0v) is 14.2. The van der Waals surface area contributed by atoms with Gasteiger partial charge in [0.15, 0.2) is 5.78 Å². The van der Waals surface area contributed by atoms with Crippen LogP contribution in [0, 0.1) is 5.41 Å². The van der Waals surface area contributed by atoms with E-state index in [0.717, 1.165) is 32.1 Å². The summed E-state index contributed by atoms with van der Waals surface area (Å²) in [6.45, 7) is 1.93. The van der Waals surface area contributed by atoms with Gasteiger partial charge in [-0.05, 0) is 25.0 Å². The van der Waals surface area contributed by atoms with Crippen LogP contribution in [0.3, 0.4) is 0 Å². The van der Waals surface area contributed by atoms with Crippen molar-refractivity contribution in [1.82, 2.24) is 0 Å². The normalized spacial score (nSPS) is 17.8. The van der Waals surface area contributed by atoms with E-state index in [4.69, 9.17) is 0 Å². The van der Waals surface area contributed by atoms with Gasteiger partial charge in [0.05, 0.1) is 12.7 Å². The lowest BCUT2D eigenvalue weighted by molar-refractivity contribution is -0.131. The molecule has 1 atom stereocenters. The van der Waals surface area contributed by atoms with Gasteiger partial charge in [0.1, 0.15) is 11.9 Å². The van der Waals surface area contributed by atoms with E-state index in [1.54, 1.807) is 0 Å². The molecule has 1 aromatic rings. The van der Waals surface area contributed by atoms with Gasteiger partial charge in [0.25, 0.3) is 0 Å². The van der Waals surface area contributed by atoms with E-state index >= 15 is 0 Å². The highest BCUT2D eigenvalue weighted by atomic mass is 16.5. The number of ether oxygens (including phenoxy) is 1. The number of carbonyl (C=O) groups excluding carboxylic acids is 3. The zero-order chi connectivity index (χ0) is 17.7. The Bertz CT molecular complexity index is 611. The van der Waals surface area contributed by atoms with Crippen molar-refractivity contribution in [2.24, 2.45) is 5.41 Å². The van der Waals surface area contributed by atoms with Crippen LogP contribution >= 0.6 is 0 Å². The summed E-state index contributed by atoms with van der Waals surface area (Å²) in [6, 6.07) is 5.86. The van der Waals surface area contributed by atoms with Crippen molar-refractivity contribution in [3.63, 3.8) is 0 Å². The van der Waals surface area contributed by atoms with Gasteiger partial charge in [-0.3, -0.25) is 9.59 Å². The summed E-state index contributed by atoms with van der Waals surface area (Å²) in [5.41, 5.74) is 0.180. The molecule has 24 heavy (non-hydrogen) atoms. The number of esters is 1. The molecule has 1 fully saturated rings. The Morgan fingerprint density at radius 2 is 1.62 bits per heavy atom. The number of aliphatic hydroxyl groups is 1. The summed E-state index contributed by atoms with van der Waals surface area (Å²) in [4.78, 5) is 36.2. The summed E-state index contributed by atoms with van der Waals surface area (Å²) in [5.74, 6) is -1.04. The van der Waals surface area contributed by atoms with Crippen LogP contribution in [0.4, 0.5) is 0 Å². The summed E-state index contributed by atoms with van der Waals surface area (Å²) in [5, 5.41) is 10.1. The third kappa shape index (κ3) is 4.09. The van der Waals surface area contributed by atoms with Crippen molar-refractivity contribution in [3.05, 3.63) is 35.4 Å². The molecule has 0 bridgehead atoms. The van der Waals surface area contributed by atoms with Gasteiger partial charge < -0.3 is 9.84 Å². The molecule has 0 amide bonds. The van der Waals surface area contributed by atoms with E-state index in [0.29, 0.717) is 5.56 Å². The Labute approximate surface area is 142 Å². The highest BCUT2D eigenvalue weighted by Gasteiger charge is 2.36. The maximum atomic E-state index is 12.5. The minimum Gasteiger partial charge on any atom is -0.465 e. The molecule has 1 N–H and O–H groups in total. The molecule has 0 aliphatic heterocycles. The maximum absolute atomic E-state index is 12.5. The van der Waals surface area contributed by atoms with Gasteiger partial charge in [-0.2, -0.15) is 0 Å². The fourth-order valence-corrected chi connectivity index (χ4v) is 3.21. The first-order valence-electron chi connectivity index (χ1n) is 8.31. The molecule has 0 aromatic heterocycles. The van der Waals surface area contributed by atoms with Crippen LogP contribution in [0.15, 0.2) is 24.3 Å². The minimum atomic E-state index is -1.35. The van der Waals surface area contributed by atoms with Crippen molar-refractivity contribution in [2.75, 3.05) is 7.11 Å². The number of hydrogen-bond acceptors (Lipinski definition) is 5. The lowest BCUT2D eigenvalue weighted by atomic mass is 9.71. The summed E-state index contributed by atoms with van der Waals surface area (Å²) in [6.07, 6.45) is 3.30. The maximum Gasteiger partial charge on any atom is 0.337 e. The molecule has 2 rings (SSSR count). The molecular formula is C19H24O5. The van der Waals surface area contributed by atoms with Crippen LogP contribution in [-0.4, -0.2) is 35.9 Å². The lowest BCUT2D eigenvalue weighted by Gasteiger charge is -2.32. The van der Waals surface area contributed by atoms with Crippen LogP contribution in [0.5, 0.6) is 0 Å². The van der Waals surface area contributed by atoms with E-state index in [2.05, 4.69) is 4.74 Å².